The highest BCUT2D eigenvalue weighted by Crippen LogP contribution is 2.21. The van der Waals surface area contributed by atoms with Crippen LogP contribution in [0.25, 0.3) is 0 Å². The van der Waals surface area contributed by atoms with Gasteiger partial charge in [0.15, 0.2) is 0 Å². The molecule has 0 aliphatic rings. The van der Waals surface area contributed by atoms with Crippen LogP contribution in [0.5, 0.6) is 0 Å². The molecule has 0 aromatic heterocycles. The van der Waals surface area contributed by atoms with Gasteiger partial charge in [0.25, 0.3) is 0 Å². The van der Waals surface area contributed by atoms with Gasteiger partial charge in [-0.25, -0.2) is 0 Å². The summed E-state index contributed by atoms with van der Waals surface area (Å²) in [6, 6.07) is 21.6. The number of benzene rings is 2. The molecule has 2 aromatic carbocycles. The predicted molar refractivity (Wildman–Crippen MR) is 90.3 cm³/mol. The number of nitrogens with two attached hydrogens (primary N) is 1. The van der Waals surface area contributed by atoms with E-state index in [1.165, 1.54) is 30.4 Å². The lowest BCUT2D eigenvalue weighted by Crippen LogP contribution is -2.23. The highest BCUT2D eigenvalue weighted by molar-refractivity contribution is 5.31. The predicted octanol–water partition coefficient (Wildman–Crippen LogP) is 3.88. The van der Waals surface area contributed by atoms with Gasteiger partial charge in [-0.1, -0.05) is 73.5 Å². The maximum Gasteiger partial charge on any atom is 0.0576 e. The largest absolute Gasteiger partial charge is 0.330 e. The van der Waals surface area contributed by atoms with E-state index in [2.05, 4.69) is 66.0 Å². The summed E-state index contributed by atoms with van der Waals surface area (Å²) in [5.74, 6) is 0. The number of nitrogens with one attached hydrogen (secondary N) is 1. The van der Waals surface area contributed by atoms with Crippen molar-refractivity contribution in [3.63, 3.8) is 0 Å². The van der Waals surface area contributed by atoms with Gasteiger partial charge in [0, 0.05) is 0 Å². The molecule has 0 aliphatic heterocycles. The van der Waals surface area contributed by atoms with E-state index in [4.69, 9.17) is 5.73 Å². The summed E-state index contributed by atoms with van der Waals surface area (Å²) < 4.78 is 0. The molecule has 0 amide bonds. The van der Waals surface area contributed by atoms with E-state index in [9.17, 15) is 0 Å². The average molecular weight is 282 g/mol. The van der Waals surface area contributed by atoms with Gasteiger partial charge in [0.2, 0.25) is 0 Å². The molecule has 2 aromatic rings. The number of unbranched alkanes of at least 4 members (excludes halogenated alkanes) is 3. The molecule has 2 nitrogen and oxygen atoms in total. The second-order valence-corrected chi connectivity index (χ2v) is 5.41. The standard InChI is InChI=1S/C19H26N2/c20-15-9-1-2-10-16-21-19(17-11-5-3-6-12-17)18-13-7-4-8-14-18/h3-8,11-14,19,21H,1-2,9-10,15-16,20H2. The Balaban J connectivity index is 1.94. The van der Waals surface area contributed by atoms with Gasteiger partial charge in [0.05, 0.1) is 6.04 Å². The van der Waals surface area contributed by atoms with Crippen LogP contribution in [0.4, 0.5) is 0 Å². The zero-order valence-electron chi connectivity index (χ0n) is 12.7. The summed E-state index contributed by atoms with van der Waals surface area (Å²) in [5.41, 5.74) is 8.18. The van der Waals surface area contributed by atoms with Crippen LogP contribution in [-0.2, 0) is 0 Å². The van der Waals surface area contributed by atoms with Crippen molar-refractivity contribution >= 4 is 0 Å². The van der Waals surface area contributed by atoms with E-state index in [-0.39, 0.29) is 6.04 Å². The van der Waals surface area contributed by atoms with Crippen LogP contribution in [0.3, 0.4) is 0 Å². The molecule has 21 heavy (non-hydrogen) atoms. The van der Waals surface area contributed by atoms with Gasteiger partial charge in [-0.05, 0) is 37.1 Å². The normalized spacial score (nSPS) is 11.0. The van der Waals surface area contributed by atoms with Crippen LogP contribution >= 0.6 is 0 Å². The molecule has 2 rings (SSSR count). The lowest BCUT2D eigenvalue weighted by molar-refractivity contribution is 0.552. The molecule has 0 heterocycles. The summed E-state index contributed by atoms with van der Waals surface area (Å²) in [5, 5.41) is 3.70. The Hall–Kier alpha value is -1.64. The molecular formula is C19H26N2. The first-order valence-electron chi connectivity index (χ1n) is 7.95. The van der Waals surface area contributed by atoms with Crippen molar-refractivity contribution in [2.24, 2.45) is 5.73 Å². The van der Waals surface area contributed by atoms with Crippen LogP contribution in [0.2, 0.25) is 0 Å². The third-order valence-corrected chi connectivity index (χ3v) is 3.75. The number of hydrogen-bond acceptors (Lipinski definition) is 2. The Morgan fingerprint density at radius 2 is 1.24 bits per heavy atom. The highest BCUT2D eigenvalue weighted by Gasteiger charge is 2.12. The Kier molecular flexibility index (Phi) is 6.99. The second-order valence-electron chi connectivity index (χ2n) is 5.41. The molecule has 0 aliphatic carbocycles. The Morgan fingerprint density at radius 1 is 0.714 bits per heavy atom. The van der Waals surface area contributed by atoms with Gasteiger partial charge >= 0.3 is 0 Å². The lowest BCUT2D eigenvalue weighted by atomic mass is 9.98. The van der Waals surface area contributed by atoms with E-state index in [1.807, 2.05) is 0 Å². The van der Waals surface area contributed by atoms with Crippen molar-refractivity contribution in [3.8, 4) is 0 Å². The van der Waals surface area contributed by atoms with Crippen LogP contribution in [0.1, 0.15) is 42.9 Å². The Labute approximate surface area is 128 Å². The third-order valence-electron chi connectivity index (χ3n) is 3.75. The zero-order valence-corrected chi connectivity index (χ0v) is 12.7. The van der Waals surface area contributed by atoms with Gasteiger partial charge in [-0.3, -0.25) is 0 Å². The summed E-state index contributed by atoms with van der Waals surface area (Å²) >= 11 is 0. The van der Waals surface area contributed by atoms with E-state index < -0.39 is 0 Å². The van der Waals surface area contributed by atoms with Crippen molar-refractivity contribution < 1.29 is 0 Å². The third kappa shape index (κ3) is 5.33. The van der Waals surface area contributed by atoms with Crippen LogP contribution in [0.15, 0.2) is 60.7 Å². The Bertz CT molecular complexity index is 442. The first-order valence-corrected chi connectivity index (χ1v) is 7.95. The summed E-state index contributed by atoms with van der Waals surface area (Å²) in [4.78, 5) is 0. The van der Waals surface area contributed by atoms with Crippen molar-refractivity contribution in [1.29, 1.82) is 0 Å². The molecule has 112 valence electrons. The second kappa shape index (κ2) is 9.32. The number of rotatable bonds is 9. The fourth-order valence-electron chi connectivity index (χ4n) is 2.59. The monoisotopic (exact) mass is 282 g/mol. The lowest BCUT2D eigenvalue weighted by Gasteiger charge is -2.20. The van der Waals surface area contributed by atoms with Crippen LogP contribution in [-0.4, -0.2) is 13.1 Å². The van der Waals surface area contributed by atoms with Crippen LogP contribution in [0, 0.1) is 0 Å². The molecule has 0 spiro atoms. The summed E-state index contributed by atoms with van der Waals surface area (Å²) in [7, 11) is 0. The fraction of sp³-hybridized carbons (Fsp3) is 0.368. The SMILES string of the molecule is NCCCCCCNC(c1ccccc1)c1ccccc1. The first-order chi connectivity index (χ1) is 10.4. The zero-order chi connectivity index (χ0) is 14.8. The topological polar surface area (TPSA) is 38.0 Å². The first kappa shape index (κ1) is 15.7. The Morgan fingerprint density at radius 3 is 1.76 bits per heavy atom. The van der Waals surface area contributed by atoms with Gasteiger partial charge in [0.1, 0.15) is 0 Å². The maximum atomic E-state index is 5.53. The highest BCUT2D eigenvalue weighted by atomic mass is 14.9. The molecule has 0 atom stereocenters. The van der Waals surface area contributed by atoms with Crippen molar-refractivity contribution in [1.82, 2.24) is 5.32 Å². The van der Waals surface area contributed by atoms with E-state index in [0.29, 0.717) is 0 Å². The fourth-order valence-corrected chi connectivity index (χ4v) is 2.59. The van der Waals surface area contributed by atoms with E-state index >= 15 is 0 Å². The molecule has 0 radical (unpaired) electrons. The number of hydrogen-bond donors (Lipinski definition) is 2. The molecule has 2 heteroatoms. The van der Waals surface area contributed by atoms with Crippen molar-refractivity contribution in [3.05, 3.63) is 71.8 Å². The molecule has 0 unspecified atom stereocenters. The smallest absolute Gasteiger partial charge is 0.0576 e. The van der Waals surface area contributed by atoms with Gasteiger partial charge < -0.3 is 11.1 Å². The van der Waals surface area contributed by atoms with E-state index in [0.717, 1.165) is 19.5 Å². The minimum absolute atomic E-state index is 0.280. The molecule has 0 bridgehead atoms. The minimum Gasteiger partial charge on any atom is -0.330 e. The summed E-state index contributed by atoms with van der Waals surface area (Å²) in [6.07, 6.45) is 4.83. The minimum atomic E-state index is 0.280. The molecule has 0 saturated heterocycles. The van der Waals surface area contributed by atoms with Gasteiger partial charge in [-0.15, -0.1) is 0 Å². The van der Waals surface area contributed by atoms with Crippen LogP contribution < -0.4 is 11.1 Å². The average Bonchev–Trinajstić information content (AvgIpc) is 2.56. The van der Waals surface area contributed by atoms with Gasteiger partial charge in [-0.2, -0.15) is 0 Å². The molecule has 0 saturated carbocycles. The summed E-state index contributed by atoms with van der Waals surface area (Å²) in [6.45, 7) is 1.85. The van der Waals surface area contributed by atoms with Crippen molar-refractivity contribution in [2.75, 3.05) is 13.1 Å². The van der Waals surface area contributed by atoms with Crippen molar-refractivity contribution in [2.45, 2.75) is 31.7 Å². The molecule has 0 fully saturated rings. The van der Waals surface area contributed by atoms with E-state index in [1.54, 1.807) is 0 Å². The molecule has 3 N–H and O–H groups in total. The maximum absolute atomic E-state index is 5.53. The molecular weight excluding hydrogens is 256 g/mol. The quantitative estimate of drug-likeness (QED) is 0.685.